The Labute approximate surface area is 108 Å². The van der Waals surface area contributed by atoms with E-state index in [1.807, 2.05) is 0 Å². The van der Waals surface area contributed by atoms with Crippen LogP contribution in [0.2, 0.25) is 0 Å². The van der Waals surface area contributed by atoms with Crippen molar-refractivity contribution in [3.05, 3.63) is 35.4 Å². The molecule has 0 atom stereocenters. The second kappa shape index (κ2) is 6.23. The van der Waals surface area contributed by atoms with Crippen LogP contribution < -0.4 is 0 Å². The highest BCUT2D eigenvalue weighted by Crippen LogP contribution is 2.40. The Morgan fingerprint density at radius 3 is 1.47 bits per heavy atom. The van der Waals surface area contributed by atoms with Gasteiger partial charge in [-0.15, -0.1) is 0 Å². The number of rotatable bonds is 1. The van der Waals surface area contributed by atoms with Crippen LogP contribution in [0.1, 0.15) is 66.0 Å². The highest BCUT2D eigenvalue weighted by molar-refractivity contribution is 5.29. The minimum atomic E-state index is 0.223. The fourth-order valence-electron chi connectivity index (χ4n) is 1.40. The van der Waals surface area contributed by atoms with Gasteiger partial charge in [-0.1, -0.05) is 84.7 Å². The lowest BCUT2D eigenvalue weighted by Crippen LogP contribution is -2.33. The van der Waals surface area contributed by atoms with Crippen molar-refractivity contribution in [2.45, 2.75) is 67.2 Å². The van der Waals surface area contributed by atoms with Gasteiger partial charge in [0.15, 0.2) is 0 Å². The summed E-state index contributed by atoms with van der Waals surface area (Å²) in [5.41, 5.74) is 3.28. The van der Waals surface area contributed by atoms with Crippen LogP contribution in [0.4, 0.5) is 0 Å². The molecule has 0 aliphatic heterocycles. The van der Waals surface area contributed by atoms with E-state index in [-0.39, 0.29) is 5.41 Å². The van der Waals surface area contributed by atoms with Crippen LogP contribution in [-0.4, -0.2) is 0 Å². The van der Waals surface area contributed by atoms with Crippen LogP contribution in [0.15, 0.2) is 24.3 Å². The van der Waals surface area contributed by atoms with Crippen LogP contribution in [0.3, 0.4) is 0 Å². The molecule has 0 saturated carbocycles. The van der Waals surface area contributed by atoms with Crippen LogP contribution in [0, 0.1) is 12.3 Å². The first-order valence-corrected chi connectivity index (χ1v) is 6.74. The molecule has 0 unspecified atom stereocenters. The Hall–Kier alpha value is -0.780. The third-order valence-electron chi connectivity index (χ3n) is 3.65. The summed E-state index contributed by atoms with van der Waals surface area (Å²) in [6, 6.07) is 8.90. The first-order valence-electron chi connectivity index (χ1n) is 6.74. The van der Waals surface area contributed by atoms with Crippen molar-refractivity contribution in [2.75, 3.05) is 0 Å². The molecule has 0 radical (unpaired) electrons. The smallest absolute Gasteiger partial charge is 0.00551 e. The van der Waals surface area contributed by atoms with Crippen molar-refractivity contribution in [3.63, 3.8) is 0 Å². The monoisotopic (exact) mass is 234 g/mol. The van der Waals surface area contributed by atoms with Crippen LogP contribution in [0.5, 0.6) is 0 Å². The normalized spacial score (nSPS) is 11.8. The molecule has 0 aliphatic rings. The maximum atomic E-state index is 2.32. The third-order valence-corrected chi connectivity index (χ3v) is 3.65. The highest BCUT2D eigenvalue weighted by Gasteiger charge is 2.33. The zero-order valence-corrected chi connectivity index (χ0v) is 13.0. The summed E-state index contributed by atoms with van der Waals surface area (Å²) in [6.45, 7) is 17.9. The molecule has 0 nitrogen and oxygen atoms in total. The van der Waals surface area contributed by atoms with Crippen molar-refractivity contribution < 1.29 is 0 Å². The van der Waals surface area contributed by atoms with E-state index < -0.39 is 0 Å². The summed E-state index contributed by atoms with van der Waals surface area (Å²) in [4.78, 5) is 0. The predicted octanol–water partition coefficient (Wildman–Crippen LogP) is 5.74. The molecule has 98 valence electrons. The van der Waals surface area contributed by atoms with Gasteiger partial charge in [0, 0.05) is 0 Å². The molecule has 17 heavy (non-hydrogen) atoms. The standard InChI is InChI=1S/C14H22.C3H8/c1-11-7-9-12(10-8-11)14(5,6)13(2,3)4;1-3-2/h7-10H,1-6H3;3H2,1-2H3. The molecule has 0 amide bonds. The maximum absolute atomic E-state index is 2.32. The van der Waals surface area contributed by atoms with Gasteiger partial charge in [0.05, 0.1) is 0 Å². The molecule has 1 aromatic carbocycles. The quantitative estimate of drug-likeness (QED) is 0.581. The number of hydrogen-bond donors (Lipinski definition) is 0. The van der Waals surface area contributed by atoms with Gasteiger partial charge in [0.1, 0.15) is 0 Å². The topological polar surface area (TPSA) is 0 Å². The average molecular weight is 234 g/mol. The Balaban J connectivity index is 0.000000770. The van der Waals surface area contributed by atoms with E-state index >= 15 is 0 Å². The lowest BCUT2D eigenvalue weighted by molar-refractivity contribution is 0.225. The molecule has 0 spiro atoms. The van der Waals surface area contributed by atoms with Crippen molar-refractivity contribution >= 4 is 0 Å². The van der Waals surface area contributed by atoms with Gasteiger partial charge in [0.2, 0.25) is 0 Å². The fourth-order valence-corrected chi connectivity index (χ4v) is 1.40. The van der Waals surface area contributed by atoms with E-state index in [2.05, 4.69) is 79.7 Å². The van der Waals surface area contributed by atoms with Gasteiger partial charge in [-0.05, 0) is 23.3 Å². The molecule has 0 bridgehead atoms. The Morgan fingerprint density at radius 1 is 0.824 bits per heavy atom. The van der Waals surface area contributed by atoms with Gasteiger partial charge in [0.25, 0.3) is 0 Å². The summed E-state index contributed by atoms with van der Waals surface area (Å²) in [7, 11) is 0. The van der Waals surface area contributed by atoms with Crippen molar-refractivity contribution in [3.8, 4) is 0 Å². The van der Waals surface area contributed by atoms with E-state index in [1.165, 1.54) is 17.5 Å². The van der Waals surface area contributed by atoms with Gasteiger partial charge in [-0.3, -0.25) is 0 Å². The largest absolute Gasteiger partial charge is 0.0656 e. The summed E-state index contributed by atoms with van der Waals surface area (Å²) >= 11 is 0. The SMILES string of the molecule is CCC.Cc1ccc(C(C)(C)C(C)(C)C)cc1. The molecular weight excluding hydrogens is 204 g/mol. The Morgan fingerprint density at radius 2 is 1.18 bits per heavy atom. The third kappa shape index (κ3) is 4.53. The molecular formula is C17H30. The molecule has 0 saturated heterocycles. The van der Waals surface area contributed by atoms with Crippen LogP contribution in [-0.2, 0) is 5.41 Å². The highest BCUT2D eigenvalue weighted by atomic mass is 14.4. The van der Waals surface area contributed by atoms with Gasteiger partial charge in [-0.2, -0.15) is 0 Å². The second-order valence-electron chi connectivity index (χ2n) is 6.45. The Kier molecular flexibility index (Phi) is 5.95. The summed E-state index contributed by atoms with van der Waals surface area (Å²) in [5.74, 6) is 0. The van der Waals surface area contributed by atoms with Gasteiger partial charge in [-0.25, -0.2) is 0 Å². The first kappa shape index (κ1) is 16.2. The zero-order chi connectivity index (χ0) is 13.7. The molecule has 0 heteroatoms. The van der Waals surface area contributed by atoms with E-state index in [0.717, 1.165) is 0 Å². The zero-order valence-electron chi connectivity index (χ0n) is 13.0. The molecule has 0 N–H and O–H groups in total. The van der Waals surface area contributed by atoms with Gasteiger partial charge < -0.3 is 0 Å². The molecule has 0 aromatic heterocycles. The van der Waals surface area contributed by atoms with E-state index in [9.17, 15) is 0 Å². The summed E-state index contributed by atoms with van der Waals surface area (Å²) in [6.07, 6.45) is 1.25. The number of aryl methyl sites for hydroxylation is 1. The van der Waals surface area contributed by atoms with Gasteiger partial charge >= 0.3 is 0 Å². The molecule has 1 rings (SSSR count). The van der Waals surface area contributed by atoms with E-state index in [0.29, 0.717) is 5.41 Å². The Bertz CT molecular complexity index is 309. The molecule has 0 fully saturated rings. The average Bonchev–Trinajstić information content (AvgIpc) is 2.17. The lowest BCUT2D eigenvalue weighted by atomic mass is 9.65. The minimum Gasteiger partial charge on any atom is -0.0656 e. The van der Waals surface area contributed by atoms with Crippen LogP contribution >= 0.6 is 0 Å². The first-order chi connectivity index (χ1) is 7.66. The fraction of sp³-hybridized carbons (Fsp3) is 0.647. The molecule has 0 aliphatic carbocycles. The molecule has 1 aromatic rings. The van der Waals surface area contributed by atoms with Crippen LogP contribution in [0.25, 0.3) is 0 Å². The van der Waals surface area contributed by atoms with Crippen molar-refractivity contribution in [2.24, 2.45) is 5.41 Å². The van der Waals surface area contributed by atoms with Crippen molar-refractivity contribution in [1.82, 2.24) is 0 Å². The van der Waals surface area contributed by atoms with E-state index in [4.69, 9.17) is 0 Å². The minimum absolute atomic E-state index is 0.223. The summed E-state index contributed by atoms with van der Waals surface area (Å²) in [5, 5.41) is 0. The second-order valence-corrected chi connectivity index (χ2v) is 6.45. The van der Waals surface area contributed by atoms with E-state index in [1.54, 1.807) is 0 Å². The van der Waals surface area contributed by atoms with Crippen molar-refractivity contribution in [1.29, 1.82) is 0 Å². The lowest BCUT2D eigenvalue weighted by Gasteiger charge is -2.39. The summed E-state index contributed by atoms with van der Waals surface area (Å²) < 4.78 is 0. The maximum Gasteiger partial charge on any atom is -0.00551 e. The predicted molar refractivity (Wildman–Crippen MR) is 79.6 cm³/mol. The molecule has 0 heterocycles. The number of benzene rings is 1. The number of hydrogen-bond acceptors (Lipinski definition) is 0.